The topological polar surface area (TPSA) is 75.9 Å². The lowest BCUT2D eigenvalue weighted by Gasteiger charge is -2.36. The molecule has 0 unspecified atom stereocenters. The molecule has 20 heavy (non-hydrogen) atoms. The Balaban J connectivity index is 2.19. The van der Waals surface area contributed by atoms with Gasteiger partial charge >= 0.3 is 0 Å². The van der Waals surface area contributed by atoms with Gasteiger partial charge in [-0.05, 0) is 25.1 Å². The highest BCUT2D eigenvalue weighted by Gasteiger charge is 2.23. The molecule has 1 aliphatic rings. The lowest BCUT2D eigenvalue weighted by atomic mass is 10.1. The zero-order valence-electron chi connectivity index (χ0n) is 11.5. The number of hydrogen-bond donors (Lipinski definition) is 1. The molecular weight excluding hydrogens is 258 g/mol. The van der Waals surface area contributed by atoms with Crippen molar-refractivity contribution in [3.8, 4) is 0 Å². The average Bonchev–Trinajstić information content (AvgIpc) is 2.49. The molecule has 1 heterocycles. The van der Waals surface area contributed by atoms with Crippen LogP contribution >= 0.6 is 0 Å². The Morgan fingerprint density at radius 2 is 1.95 bits per heavy atom. The number of primary amides is 1. The highest BCUT2D eigenvalue weighted by atomic mass is 16.5. The molecule has 0 atom stereocenters. The number of carbonyl (C=O) groups is 2. The molecule has 108 valence electrons. The van der Waals surface area contributed by atoms with Crippen LogP contribution in [0.1, 0.15) is 27.6 Å². The summed E-state index contributed by atoms with van der Waals surface area (Å²) in [5, 5.41) is 3.66. The van der Waals surface area contributed by atoms with Gasteiger partial charge in [0.1, 0.15) is 0 Å². The normalized spacial score (nSPS) is 15.8. The van der Waals surface area contributed by atoms with E-state index in [4.69, 9.17) is 10.5 Å². The fraction of sp³-hybridized carbons (Fsp3) is 0.429. The van der Waals surface area contributed by atoms with Gasteiger partial charge in [0, 0.05) is 30.8 Å². The second-order valence-electron chi connectivity index (χ2n) is 4.53. The van der Waals surface area contributed by atoms with Crippen LogP contribution in [0, 0.1) is 0 Å². The molecular formula is C14H19N3O3. The van der Waals surface area contributed by atoms with Crippen LogP contribution in [0.2, 0.25) is 0 Å². The third-order valence-corrected chi connectivity index (χ3v) is 3.26. The average molecular weight is 277 g/mol. The van der Waals surface area contributed by atoms with E-state index in [1.54, 1.807) is 23.2 Å². The largest absolute Gasteiger partial charge is 0.379 e. The summed E-state index contributed by atoms with van der Waals surface area (Å²) in [6, 6.07) is 6.50. The number of rotatable bonds is 4. The van der Waals surface area contributed by atoms with Crippen molar-refractivity contribution in [2.45, 2.75) is 6.92 Å². The van der Waals surface area contributed by atoms with Gasteiger partial charge in [-0.2, -0.15) is 0 Å². The summed E-state index contributed by atoms with van der Waals surface area (Å²) in [6.07, 6.45) is 0. The van der Waals surface area contributed by atoms with Gasteiger partial charge in [0.15, 0.2) is 0 Å². The predicted molar refractivity (Wildman–Crippen MR) is 74.1 cm³/mol. The molecule has 0 radical (unpaired) electrons. The van der Waals surface area contributed by atoms with Crippen LogP contribution in [0.3, 0.4) is 0 Å². The quantitative estimate of drug-likeness (QED) is 0.869. The smallest absolute Gasteiger partial charge is 0.268 e. The summed E-state index contributed by atoms with van der Waals surface area (Å²) >= 11 is 0. The minimum Gasteiger partial charge on any atom is -0.379 e. The maximum absolute atomic E-state index is 12.5. The van der Waals surface area contributed by atoms with E-state index in [0.29, 0.717) is 44.0 Å². The molecule has 2 rings (SSSR count). The van der Waals surface area contributed by atoms with Gasteiger partial charge < -0.3 is 10.5 Å². The van der Waals surface area contributed by atoms with Gasteiger partial charge in [-0.25, -0.2) is 5.01 Å². The highest BCUT2D eigenvalue weighted by Crippen LogP contribution is 2.12. The van der Waals surface area contributed by atoms with Crippen LogP contribution in [-0.2, 0) is 4.74 Å². The Kier molecular flexibility index (Phi) is 4.70. The number of hydrazine groups is 1. The van der Waals surface area contributed by atoms with Crippen molar-refractivity contribution in [3.05, 3.63) is 35.4 Å². The van der Waals surface area contributed by atoms with Gasteiger partial charge in [0.25, 0.3) is 5.91 Å². The first-order valence-electron chi connectivity index (χ1n) is 6.68. The first kappa shape index (κ1) is 14.5. The van der Waals surface area contributed by atoms with E-state index in [2.05, 4.69) is 0 Å². The maximum Gasteiger partial charge on any atom is 0.268 e. The molecule has 0 bridgehead atoms. The third kappa shape index (κ3) is 3.15. The van der Waals surface area contributed by atoms with E-state index in [-0.39, 0.29) is 5.91 Å². The minimum atomic E-state index is -0.533. The number of benzene rings is 1. The molecule has 1 saturated heterocycles. The van der Waals surface area contributed by atoms with Gasteiger partial charge in [-0.1, -0.05) is 6.07 Å². The summed E-state index contributed by atoms with van der Waals surface area (Å²) in [5.41, 5.74) is 6.05. The Bertz CT molecular complexity index is 498. The van der Waals surface area contributed by atoms with Gasteiger partial charge in [0.2, 0.25) is 5.91 Å². The standard InChI is InChI=1S/C14H19N3O3/c1-2-17(16-6-8-20-9-7-16)14(19)12-5-3-4-11(10-12)13(15)18/h3-5,10H,2,6-9H2,1H3,(H2,15,18). The molecule has 6 heteroatoms. The Labute approximate surface area is 118 Å². The first-order chi connectivity index (χ1) is 9.63. The Hall–Kier alpha value is -1.92. The van der Waals surface area contributed by atoms with Gasteiger partial charge in [0.05, 0.1) is 13.2 Å². The van der Waals surface area contributed by atoms with Crippen LogP contribution in [-0.4, -0.2) is 54.7 Å². The van der Waals surface area contributed by atoms with E-state index in [0.717, 1.165) is 0 Å². The molecule has 1 aromatic carbocycles. The molecule has 6 nitrogen and oxygen atoms in total. The van der Waals surface area contributed by atoms with Crippen LogP contribution < -0.4 is 5.73 Å². The summed E-state index contributed by atoms with van der Waals surface area (Å²) < 4.78 is 5.29. The van der Waals surface area contributed by atoms with E-state index in [9.17, 15) is 9.59 Å². The minimum absolute atomic E-state index is 0.127. The van der Waals surface area contributed by atoms with E-state index >= 15 is 0 Å². The SMILES string of the molecule is CCN(C(=O)c1cccc(C(N)=O)c1)N1CCOCC1. The maximum atomic E-state index is 12.5. The number of morpholine rings is 1. The van der Waals surface area contributed by atoms with E-state index in [1.807, 2.05) is 11.9 Å². The summed E-state index contributed by atoms with van der Waals surface area (Å²) in [6.45, 7) is 5.10. The fourth-order valence-corrected chi connectivity index (χ4v) is 2.22. The highest BCUT2D eigenvalue weighted by molar-refractivity contribution is 5.98. The molecule has 0 aromatic heterocycles. The van der Waals surface area contributed by atoms with Crippen molar-refractivity contribution < 1.29 is 14.3 Å². The number of nitrogens with two attached hydrogens (primary N) is 1. The molecule has 1 aliphatic heterocycles. The van der Waals surface area contributed by atoms with Crippen molar-refractivity contribution in [2.75, 3.05) is 32.8 Å². The summed E-state index contributed by atoms with van der Waals surface area (Å²) in [5.74, 6) is -0.661. The second kappa shape index (κ2) is 6.49. The lowest BCUT2D eigenvalue weighted by molar-refractivity contribution is -0.0675. The van der Waals surface area contributed by atoms with Crippen LogP contribution in [0.15, 0.2) is 24.3 Å². The van der Waals surface area contributed by atoms with Crippen molar-refractivity contribution in [1.29, 1.82) is 0 Å². The Morgan fingerprint density at radius 3 is 2.55 bits per heavy atom. The third-order valence-electron chi connectivity index (χ3n) is 3.26. The molecule has 2 N–H and O–H groups in total. The van der Waals surface area contributed by atoms with Crippen LogP contribution in [0.5, 0.6) is 0 Å². The molecule has 2 amide bonds. The molecule has 1 aromatic rings. The second-order valence-corrected chi connectivity index (χ2v) is 4.53. The van der Waals surface area contributed by atoms with Crippen molar-refractivity contribution in [2.24, 2.45) is 5.73 Å². The zero-order valence-corrected chi connectivity index (χ0v) is 11.5. The van der Waals surface area contributed by atoms with Crippen LogP contribution in [0.25, 0.3) is 0 Å². The molecule has 1 fully saturated rings. The predicted octanol–water partition coefficient (Wildman–Crippen LogP) is 0.495. The fourth-order valence-electron chi connectivity index (χ4n) is 2.22. The zero-order chi connectivity index (χ0) is 14.5. The van der Waals surface area contributed by atoms with Crippen LogP contribution in [0.4, 0.5) is 0 Å². The molecule has 0 saturated carbocycles. The van der Waals surface area contributed by atoms with Crippen molar-refractivity contribution >= 4 is 11.8 Å². The van der Waals surface area contributed by atoms with Gasteiger partial charge in [-0.3, -0.25) is 14.6 Å². The molecule has 0 spiro atoms. The van der Waals surface area contributed by atoms with E-state index in [1.165, 1.54) is 6.07 Å². The summed E-state index contributed by atoms with van der Waals surface area (Å²) in [7, 11) is 0. The van der Waals surface area contributed by atoms with E-state index < -0.39 is 5.91 Å². The number of carbonyl (C=O) groups excluding carboxylic acids is 2. The Morgan fingerprint density at radius 1 is 1.30 bits per heavy atom. The van der Waals surface area contributed by atoms with Crippen molar-refractivity contribution in [1.82, 2.24) is 10.0 Å². The number of amides is 2. The van der Waals surface area contributed by atoms with Gasteiger partial charge in [-0.15, -0.1) is 0 Å². The first-order valence-corrected chi connectivity index (χ1v) is 6.68. The monoisotopic (exact) mass is 277 g/mol. The van der Waals surface area contributed by atoms with Crippen molar-refractivity contribution in [3.63, 3.8) is 0 Å². The molecule has 0 aliphatic carbocycles. The lowest BCUT2D eigenvalue weighted by Crippen LogP contribution is -2.51. The number of hydrogen-bond acceptors (Lipinski definition) is 4. The number of ether oxygens (including phenoxy) is 1. The number of nitrogens with zero attached hydrogens (tertiary/aromatic N) is 2. The summed E-state index contributed by atoms with van der Waals surface area (Å²) in [4.78, 5) is 23.7.